The van der Waals surface area contributed by atoms with Crippen LogP contribution in [0.1, 0.15) is 19.0 Å². The number of benzene rings is 1. The Morgan fingerprint density at radius 2 is 2.00 bits per heavy atom. The van der Waals surface area contributed by atoms with Gasteiger partial charge in [-0.2, -0.15) is 5.10 Å². The van der Waals surface area contributed by atoms with Crippen LogP contribution < -0.4 is 14.8 Å². The van der Waals surface area contributed by atoms with Gasteiger partial charge in [-0.05, 0) is 30.7 Å². The van der Waals surface area contributed by atoms with E-state index in [1.165, 1.54) is 0 Å². The minimum Gasteiger partial charge on any atom is -0.497 e. The second kappa shape index (κ2) is 7.33. The first-order valence-electron chi connectivity index (χ1n) is 6.82. The molecule has 2 rings (SSSR count). The van der Waals surface area contributed by atoms with Crippen molar-refractivity contribution >= 4 is 11.7 Å². The Bertz CT molecular complexity index is 578. The lowest BCUT2D eigenvalue weighted by Gasteiger charge is -2.06. The van der Waals surface area contributed by atoms with Gasteiger partial charge in [-0.1, -0.05) is 13.3 Å². The molecule has 0 aliphatic carbocycles. The zero-order valence-electron chi connectivity index (χ0n) is 12.2. The highest BCUT2D eigenvalue weighted by atomic mass is 16.5. The van der Waals surface area contributed by atoms with Crippen molar-refractivity contribution in [3.05, 3.63) is 36.0 Å². The number of nitrogens with one attached hydrogen (secondary N) is 2. The van der Waals surface area contributed by atoms with Crippen molar-refractivity contribution in [2.24, 2.45) is 0 Å². The van der Waals surface area contributed by atoms with Crippen molar-refractivity contribution in [3.63, 3.8) is 0 Å². The summed E-state index contributed by atoms with van der Waals surface area (Å²) in [5.74, 6) is 1.62. The first-order chi connectivity index (χ1) is 10.2. The number of carbonyl (C=O) groups excluding carboxylic acids is 1. The van der Waals surface area contributed by atoms with Crippen LogP contribution in [0.15, 0.2) is 30.3 Å². The normalized spacial score (nSPS) is 10.2. The molecule has 0 fully saturated rings. The Labute approximate surface area is 123 Å². The summed E-state index contributed by atoms with van der Waals surface area (Å²) in [5.41, 5.74) is 1.00. The number of aromatic nitrogens is 2. The minimum absolute atomic E-state index is 0.0672. The van der Waals surface area contributed by atoms with E-state index in [0.29, 0.717) is 11.6 Å². The van der Waals surface area contributed by atoms with Gasteiger partial charge in [-0.15, -0.1) is 0 Å². The topological polar surface area (TPSA) is 76.2 Å². The lowest BCUT2D eigenvalue weighted by molar-refractivity contribution is -0.118. The number of ether oxygens (including phenoxy) is 2. The summed E-state index contributed by atoms with van der Waals surface area (Å²) < 4.78 is 10.4. The van der Waals surface area contributed by atoms with E-state index in [9.17, 15) is 4.79 Å². The van der Waals surface area contributed by atoms with Crippen molar-refractivity contribution in [1.29, 1.82) is 0 Å². The lowest BCUT2D eigenvalue weighted by atomic mass is 10.2. The minimum atomic E-state index is -0.250. The molecule has 2 aromatic rings. The summed E-state index contributed by atoms with van der Waals surface area (Å²) in [6, 6.07) is 8.88. The quantitative estimate of drug-likeness (QED) is 0.820. The van der Waals surface area contributed by atoms with Gasteiger partial charge in [-0.3, -0.25) is 9.89 Å². The van der Waals surface area contributed by atoms with Gasteiger partial charge in [0, 0.05) is 11.8 Å². The molecule has 1 amide bonds. The molecule has 21 heavy (non-hydrogen) atoms. The maximum atomic E-state index is 11.8. The Kier molecular flexibility index (Phi) is 5.20. The van der Waals surface area contributed by atoms with Crippen LogP contribution in [0.4, 0.5) is 5.82 Å². The molecule has 6 nitrogen and oxygen atoms in total. The van der Waals surface area contributed by atoms with Crippen LogP contribution in [0.5, 0.6) is 11.5 Å². The summed E-state index contributed by atoms with van der Waals surface area (Å²) in [6.45, 7) is 2.02. The molecule has 0 saturated carbocycles. The second-order valence-electron chi connectivity index (χ2n) is 4.54. The Morgan fingerprint density at radius 1 is 1.29 bits per heavy atom. The fourth-order valence-corrected chi connectivity index (χ4v) is 1.82. The third-order valence-corrected chi connectivity index (χ3v) is 2.85. The van der Waals surface area contributed by atoms with Gasteiger partial charge in [0.05, 0.1) is 7.11 Å². The molecule has 0 saturated heterocycles. The van der Waals surface area contributed by atoms with Gasteiger partial charge in [0.25, 0.3) is 5.91 Å². The number of aryl methyl sites for hydroxylation is 1. The molecular formula is C15H19N3O3. The van der Waals surface area contributed by atoms with Crippen molar-refractivity contribution in [1.82, 2.24) is 10.2 Å². The van der Waals surface area contributed by atoms with Gasteiger partial charge in [0.15, 0.2) is 12.4 Å². The van der Waals surface area contributed by atoms with E-state index in [0.717, 1.165) is 24.3 Å². The number of H-pyrrole nitrogens is 1. The van der Waals surface area contributed by atoms with Crippen molar-refractivity contribution in [3.8, 4) is 11.5 Å². The average Bonchev–Trinajstić information content (AvgIpc) is 2.93. The maximum Gasteiger partial charge on any atom is 0.263 e. The van der Waals surface area contributed by atoms with Crippen LogP contribution in [0.2, 0.25) is 0 Å². The fourth-order valence-electron chi connectivity index (χ4n) is 1.82. The van der Waals surface area contributed by atoms with Crippen molar-refractivity contribution in [2.45, 2.75) is 19.8 Å². The molecule has 1 heterocycles. The fraction of sp³-hybridized carbons (Fsp3) is 0.333. The first-order valence-corrected chi connectivity index (χ1v) is 6.82. The van der Waals surface area contributed by atoms with Crippen LogP contribution >= 0.6 is 0 Å². The molecule has 0 unspecified atom stereocenters. The predicted octanol–water partition coefficient (Wildman–Crippen LogP) is 2.39. The smallest absolute Gasteiger partial charge is 0.263 e. The molecule has 0 atom stereocenters. The summed E-state index contributed by atoms with van der Waals surface area (Å²) in [4.78, 5) is 11.8. The number of rotatable bonds is 7. The maximum absolute atomic E-state index is 11.8. The molecule has 0 bridgehead atoms. The van der Waals surface area contributed by atoms with Crippen molar-refractivity contribution < 1.29 is 14.3 Å². The molecule has 112 valence electrons. The largest absolute Gasteiger partial charge is 0.497 e. The third kappa shape index (κ3) is 4.52. The lowest BCUT2D eigenvalue weighted by Crippen LogP contribution is -2.20. The zero-order valence-corrected chi connectivity index (χ0v) is 12.2. The Morgan fingerprint density at radius 3 is 2.67 bits per heavy atom. The highest BCUT2D eigenvalue weighted by Crippen LogP contribution is 2.17. The van der Waals surface area contributed by atoms with Gasteiger partial charge in [0.1, 0.15) is 11.5 Å². The monoisotopic (exact) mass is 289 g/mol. The van der Waals surface area contributed by atoms with Gasteiger partial charge < -0.3 is 14.8 Å². The van der Waals surface area contributed by atoms with E-state index >= 15 is 0 Å². The highest BCUT2D eigenvalue weighted by molar-refractivity contribution is 5.90. The molecule has 2 N–H and O–H groups in total. The second-order valence-corrected chi connectivity index (χ2v) is 4.54. The average molecular weight is 289 g/mol. The number of carbonyl (C=O) groups is 1. The van der Waals surface area contributed by atoms with Gasteiger partial charge in [-0.25, -0.2) is 0 Å². The summed E-state index contributed by atoms with van der Waals surface area (Å²) in [6.07, 6.45) is 1.93. The van der Waals surface area contributed by atoms with E-state index in [4.69, 9.17) is 9.47 Å². The van der Waals surface area contributed by atoms with Crippen LogP contribution in [0.25, 0.3) is 0 Å². The molecule has 1 aromatic carbocycles. The molecule has 0 spiro atoms. The molecule has 0 aliphatic rings. The van der Waals surface area contributed by atoms with E-state index < -0.39 is 0 Å². The summed E-state index contributed by atoms with van der Waals surface area (Å²) >= 11 is 0. The summed E-state index contributed by atoms with van der Waals surface area (Å²) in [5, 5.41) is 9.59. The number of amides is 1. The van der Waals surface area contributed by atoms with Crippen molar-refractivity contribution in [2.75, 3.05) is 19.0 Å². The predicted molar refractivity (Wildman–Crippen MR) is 79.7 cm³/mol. The Balaban J connectivity index is 1.80. The molecule has 0 aliphatic heterocycles. The molecule has 1 aromatic heterocycles. The highest BCUT2D eigenvalue weighted by Gasteiger charge is 2.07. The molecule has 6 heteroatoms. The Hall–Kier alpha value is -2.50. The number of methoxy groups -OCH3 is 1. The van der Waals surface area contributed by atoms with E-state index in [1.54, 1.807) is 31.4 Å². The standard InChI is InChI=1S/C15H19N3O3/c1-3-4-11-9-14(18-17-11)16-15(19)10-21-13-7-5-12(20-2)6-8-13/h5-9H,3-4,10H2,1-2H3,(H2,16,17,18,19). The number of aromatic amines is 1. The summed E-state index contributed by atoms with van der Waals surface area (Å²) in [7, 11) is 1.60. The molecular weight excluding hydrogens is 270 g/mol. The SMILES string of the molecule is CCCc1cc(NC(=O)COc2ccc(OC)cc2)n[nH]1. The van der Waals surface area contributed by atoms with Gasteiger partial charge >= 0.3 is 0 Å². The van der Waals surface area contributed by atoms with Crippen LogP contribution in [-0.2, 0) is 11.2 Å². The van der Waals surface area contributed by atoms with Crippen LogP contribution in [-0.4, -0.2) is 29.8 Å². The van der Waals surface area contributed by atoms with Crippen LogP contribution in [0.3, 0.4) is 0 Å². The van der Waals surface area contributed by atoms with E-state index in [2.05, 4.69) is 22.4 Å². The number of nitrogens with zero attached hydrogens (tertiary/aromatic N) is 1. The number of anilines is 1. The van der Waals surface area contributed by atoms with E-state index in [1.807, 2.05) is 6.07 Å². The zero-order chi connectivity index (χ0) is 15.1. The van der Waals surface area contributed by atoms with Crippen LogP contribution in [0, 0.1) is 0 Å². The third-order valence-electron chi connectivity index (χ3n) is 2.85. The first kappa shape index (κ1) is 14.9. The number of hydrogen-bond donors (Lipinski definition) is 2. The van der Waals surface area contributed by atoms with Gasteiger partial charge in [0.2, 0.25) is 0 Å². The molecule has 0 radical (unpaired) electrons. The van der Waals surface area contributed by atoms with E-state index in [-0.39, 0.29) is 12.5 Å². The number of hydrogen-bond acceptors (Lipinski definition) is 4.